The fourth-order valence-corrected chi connectivity index (χ4v) is 2.78. The summed E-state index contributed by atoms with van der Waals surface area (Å²) in [5, 5.41) is 12.3. The van der Waals surface area contributed by atoms with E-state index < -0.39 is 5.91 Å². The van der Waals surface area contributed by atoms with Crippen LogP contribution in [-0.2, 0) is 4.79 Å². The van der Waals surface area contributed by atoms with Crippen molar-refractivity contribution >= 4 is 34.4 Å². The van der Waals surface area contributed by atoms with Crippen LogP contribution in [-0.4, -0.2) is 11.7 Å². The number of para-hydroxylation sites is 1. The number of nitrogens with zero attached hydrogens (tertiary/aromatic N) is 2. The van der Waals surface area contributed by atoms with Gasteiger partial charge in [0.05, 0.1) is 0 Å². The van der Waals surface area contributed by atoms with Gasteiger partial charge in [0.15, 0.2) is 5.78 Å². The molecule has 0 atom stereocenters. The Morgan fingerprint density at radius 2 is 1.53 bits per heavy atom. The maximum atomic E-state index is 12.7. The molecule has 0 saturated heterocycles. The largest absolute Gasteiger partial charge is 0.399 e. The van der Waals surface area contributed by atoms with Crippen LogP contribution in [0.2, 0.25) is 0 Å². The molecule has 0 bridgehead atoms. The van der Waals surface area contributed by atoms with Crippen LogP contribution in [0.25, 0.3) is 0 Å². The van der Waals surface area contributed by atoms with Gasteiger partial charge in [-0.2, -0.15) is 5.26 Å². The first-order chi connectivity index (χ1) is 14.5. The summed E-state index contributed by atoms with van der Waals surface area (Å²) in [5.41, 5.74) is 8.89. The fourth-order valence-electron chi connectivity index (χ4n) is 2.78. The molecule has 3 rings (SSSR count). The Morgan fingerprint density at radius 3 is 2.10 bits per heavy atom. The minimum absolute atomic E-state index is 0.0625. The highest BCUT2D eigenvalue weighted by Gasteiger charge is 2.14. The van der Waals surface area contributed by atoms with E-state index in [1.54, 1.807) is 41.3 Å². The summed E-state index contributed by atoms with van der Waals surface area (Å²) in [6, 6.07) is 25.0. The maximum Gasteiger partial charge on any atom is 0.267 e. The summed E-state index contributed by atoms with van der Waals surface area (Å²) < 4.78 is 0. The zero-order valence-electron chi connectivity index (χ0n) is 16.4. The van der Waals surface area contributed by atoms with Crippen LogP contribution >= 0.6 is 0 Å². The van der Waals surface area contributed by atoms with Crippen molar-refractivity contribution in [2.75, 3.05) is 16.0 Å². The zero-order valence-corrected chi connectivity index (χ0v) is 16.4. The topological polar surface area (TPSA) is 99.2 Å². The lowest BCUT2D eigenvalue weighted by Crippen LogP contribution is -2.18. The van der Waals surface area contributed by atoms with E-state index in [0.29, 0.717) is 16.9 Å². The van der Waals surface area contributed by atoms with Crippen molar-refractivity contribution in [3.8, 4) is 6.07 Å². The lowest BCUT2D eigenvalue weighted by atomic mass is 10.1. The van der Waals surface area contributed by atoms with Crippen molar-refractivity contribution < 1.29 is 9.59 Å². The summed E-state index contributed by atoms with van der Waals surface area (Å²) in [6.07, 6.45) is 1.49. The standard InChI is InChI=1S/C24H20N4O2/c1-17(29)18-7-11-21(12-8-18)27-24(30)19(15-25)16-28(22-5-3-2-4-6-22)23-13-9-20(26)10-14-23/h2-14,16H,26H2,1H3,(H,27,30)/b19-16-. The predicted molar refractivity (Wildman–Crippen MR) is 118 cm³/mol. The molecule has 0 aliphatic rings. The number of amides is 1. The summed E-state index contributed by atoms with van der Waals surface area (Å²) in [5.74, 6) is -0.614. The molecule has 6 heteroatoms. The molecule has 0 aromatic heterocycles. The Morgan fingerprint density at radius 1 is 0.933 bits per heavy atom. The molecule has 0 saturated carbocycles. The van der Waals surface area contributed by atoms with Crippen LogP contribution in [0.5, 0.6) is 0 Å². The van der Waals surface area contributed by atoms with Gasteiger partial charge in [-0.1, -0.05) is 18.2 Å². The predicted octanol–water partition coefficient (Wildman–Crippen LogP) is 4.66. The van der Waals surface area contributed by atoms with E-state index in [1.165, 1.54) is 13.1 Å². The first-order valence-electron chi connectivity index (χ1n) is 9.22. The number of ketones is 1. The highest BCUT2D eigenvalue weighted by molar-refractivity contribution is 6.07. The van der Waals surface area contributed by atoms with Crippen molar-refractivity contribution in [3.63, 3.8) is 0 Å². The summed E-state index contributed by atoms with van der Waals surface area (Å²) in [7, 11) is 0. The van der Waals surface area contributed by atoms with E-state index in [9.17, 15) is 14.9 Å². The molecule has 0 unspecified atom stereocenters. The third-order valence-electron chi connectivity index (χ3n) is 4.38. The third-order valence-corrected chi connectivity index (χ3v) is 4.38. The van der Waals surface area contributed by atoms with E-state index in [-0.39, 0.29) is 11.4 Å². The van der Waals surface area contributed by atoms with Crippen molar-refractivity contribution in [2.24, 2.45) is 0 Å². The number of carbonyl (C=O) groups is 2. The van der Waals surface area contributed by atoms with Crippen molar-refractivity contribution in [2.45, 2.75) is 6.92 Å². The van der Waals surface area contributed by atoms with E-state index in [1.807, 2.05) is 48.5 Å². The van der Waals surface area contributed by atoms with Gasteiger partial charge in [-0.3, -0.25) is 9.59 Å². The molecular formula is C24H20N4O2. The van der Waals surface area contributed by atoms with E-state index in [2.05, 4.69) is 5.32 Å². The molecule has 3 aromatic carbocycles. The van der Waals surface area contributed by atoms with Crippen LogP contribution in [0.1, 0.15) is 17.3 Å². The number of hydrogen-bond donors (Lipinski definition) is 2. The van der Waals surface area contributed by atoms with Gasteiger partial charge in [0.2, 0.25) is 0 Å². The molecule has 30 heavy (non-hydrogen) atoms. The Balaban J connectivity index is 1.91. The molecule has 6 nitrogen and oxygen atoms in total. The molecule has 3 aromatic rings. The van der Waals surface area contributed by atoms with Gasteiger partial charge in [-0.15, -0.1) is 0 Å². The first kappa shape index (κ1) is 20.4. The number of rotatable bonds is 6. The average molecular weight is 396 g/mol. The van der Waals surface area contributed by atoms with Crippen LogP contribution in [0.3, 0.4) is 0 Å². The average Bonchev–Trinajstić information content (AvgIpc) is 2.76. The summed E-state index contributed by atoms with van der Waals surface area (Å²) in [6.45, 7) is 1.47. The monoisotopic (exact) mass is 396 g/mol. The van der Waals surface area contributed by atoms with Gasteiger partial charge in [-0.05, 0) is 67.6 Å². The van der Waals surface area contributed by atoms with Gasteiger partial charge in [-0.25, -0.2) is 0 Å². The molecule has 0 aliphatic carbocycles. The lowest BCUT2D eigenvalue weighted by molar-refractivity contribution is -0.112. The Kier molecular flexibility index (Phi) is 6.26. The maximum absolute atomic E-state index is 12.7. The minimum Gasteiger partial charge on any atom is -0.399 e. The van der Waals surface area contributed by atoms with Crippen LogP contribution in [0.15, 0.2) is 90.6 Å². The number of nitrogens with two attached hydrogens (primary N) is 1. The molecule has 3 N–H and O–H groups in total. The summed E-state index contributed by atoms with van der Waals surface area (Å²) >= 11 is 0. The molecule has 0 fully saturated rings. The molecule has 0 heterocycles. The normalized spacial score (nSPS) is 10.7. The van der Waals surface area contributed by atoms with Gasteiger partial charge in [0.25, 0.3) is 5.91 Å². The van der Waals surface area contributed by atoms with Crippen molar-refractivity contribution in [1.82, 2.24) is 0 Å². The number of carbonyl (C=O) groups excluding carboxylic acids is 2. The number of nitrogens with one attached hydrogen (secondary N) is 1. The highest BCUT2D eigenvalue weighted by atomic mass is 16.1. The second-order valence-electron chi connectivity index (χ2n) is 6.54. The molecule has 0 aliphatic heterocycles. The second kappa shape index (κ2) is 9.22. The third kappa shape index (κ3) is 4.91. The number of Topliss-reactive ketones (excluding diaryl/α,β-unsaturated/α-hetero) is 1. The van der Waals surface area contributed by atoms with Crippen LogP contribution in [0.4, 0.5) is 22.7 Å². The number of benzene rings is 3. The molecular weight excluding hydrogens is 376 g/mol. The quantitative estimate of drug-likeness (QED) is 0.273. The molecule has 0 spiro atoms. The highest BCUT2D eigenvalue weighted by Crippen LogP contribution is 2.27. The lowest BCUT2D eigenvalue weighted by Gasteiger charge is -2.21. The van der Waals surface area contributed by atoms with Crippen LogP contribution < -0.4 is 16.0 Å². The number of hydrogen-bond acceptors (Lipinski definition) is 5. The van der Waals surface area contributed by atoms with Gasteiger partial charge in [0, 0.05) is 34.5 Å². The van der Waals surface area contributed by atoms with Crippen molar-refractivity contribution in [1.29, 1.82) is 5.26 Å². The van der Waals surface area contributed by atoms with E-state index in [0.717, 1.165) is 11.4 Å². The first-order valence-corrected chi connectivity index (χ1v) is 9.22. The number of anilines is 4. The fraction of sp³-hybridized carbons (Fsp3) is 0.0417. The zero-order chi connectivity index (χ0) is 21.5. The summed E-state index contributed by atoms with van der Waals surface area (Å²) in [4.78, 5) is 25.8. The van der Waals surface area contributed by atoms with Gasteiger partial charge >= 0.3 is 0 Å². The molecule has 148 valence electrons. The number of nitriles is 1. The minimum atomic E-state index is -0.551. The Bertz CT molecular complexity index is 1110. The SMILES string of the molecule is CC(=O)c1ccc(NC(=O)/C(C#N)=C\N(c2ccccc2)c2ccc(N)cc2)cc1. The van der Waals surface area contributed by atoms with E-state index in [4.69, 9.17) is 5.73 Å². The smallest absolute Gasteiger partial charge is 0.267 e. The van der Waals surface area contributed by atoms with Crippen LogP contribution in [0, 0.1) is 11.3 Å². The number of nitrogen functional groups attached to an aromatic ring is 1. The van der Waals surface area contributed by atoms with Crippen molar-refractivity contribution in [3.05, 3.63) is 96.2 Å². The Hall–Kier alpha value is -4.37. The molecule has 1 amide bonds. The van der Waals surface area contributed by atoms with E-state index >= 15 is 0 Å². The second-order valence-corrected chi connectivity index (χ2v) is 6.54. The molecule has 0 radical (unpaired) electrons. The van der Waals surface area contributed by atoms with Gasteiger partial charge in [0.1, 0.15) is 11.6 Å². The Labute approximate surface area is 174 Å². The van der Waals surface area contributed by atoms with Gasteiger partial charge < -0.3 is 16.0 Å².